The summed E-state index contributed by atoms with van der Waals surface area (Å²) < 4.78 is 6.53. The molecule has 0 saturated heterocycles. The summed E-state index contributed by atoms with van der Waals surface area (Å²) in [6, 6.07) is 65.2. The Morgan fingerprint density at radius 2 is 0.792 bits per heavy atom. The highest BCUT2D eigenvalue weighted by atomic mass is 16.3. The van der Waals surface area contributed by atoms with Crippen molar-refractivity contribution in [3.05, 3.63) is 188 Å². The average molecular weight is 678 g/mol. The summed E-state index contributed by atoms with van der Waals surface area (Å²) >= 11 is 0. The molecule has 0 radical (unpaired) electrons. The predicted molar refractivity (Wildman–Crippen MR) is 217 cm³/mol. The lowest BCUT2D eigenvalue weighted by Crippen LogP contribution is -2.00. The Kier molecular flexibility index (Phi) is 7.43. The molecule has 0 fully saturated rings. The fourth-order valence-corrected chi connectivity index (χ4v) is 7.30. The first-order valence-corrected chi connectivity index (χ1v) is 17.8. The second-order valence-electron chi connectivity index (χ2n) is 13.2. The third-order valence-corrected chi connectivity index (χ3v) is 9.97. The molecule has 0 atom stereocenters. The predicted octanol–water partition coefficient (Wildman–Crippen LogP) is 12.9. The molecular weight excluding hydrogens is 647 g/mol. The second kappa shape index (κ2) is 12.9. The van der Waals surface area contributed by atoms with Gasteiger partial charge in [-0.2, -0.15) is 0 Å². The van der Waals surface area contributed by atoms with Crippen LogP contribution in [0.2, 0.25) is 0 Å². The highest BCUT2D eigenvalue weighted by Crippen LogP contribution is 2.39. The lowest BCUT2D eigenvalue weighted by atomic mass is 9.94. The normalized spacial score (nSPS) is 11.4. The molecule has 0 saturated carbocycles. The Bertz CT molecular complexity index is 2910. The average Bonchev–Trinajstić information content (AvgIpc) is 3.62. The molecular formula is C49H31N3O. The summed E-state index contributed by atoms with van der Waals surface area (Å²) in [5.74, 6) is 1.83. The zero-order valence-electron chi connectivity index (χ0n) is 28.6. The van der Waals surface area contributed by atoms with E-state index in [-0.39, 0.29) is 0 Å². The molecule has 0 aliphatic carbocycles. The highest BCUT2D eigenvalue weighted by Gasteiger charge is 2.17. The Morgan fingerprint density at radius 3 is 1.53 bits per heavy atom. The van der Waals surface area contributed by atoms with Crippen LogP contribution < -0.4 is 0 Å². The number of fused-ring (bicyclic) bond motifs is 4. The van der Waals surface area contributed by atoms with Gasteiger partial charge in [0.1, 0.15) is 11.2 Å². The van der Waals surface area contributed by atoms with Crippen molar-refractivity contribution in [3.63, 3.8) is 0 Å². The van der Waals surface area contributed by atoms with Crippen LogP contribution in [-0.2, 0) is 0 Å². The van der Waals surface area contributed by atoms with Crippen molar-refractivity contribution in [3.8, 4) is 67.5 Å². The molecule has 2 aromatic heterocycles. The van der Waals surface area contributed by atoms with Gasteiger partial charge in [-0.25, -0.2) is 15.0 Å². The van der Waals surface area contributed by atoms with Gasteiger partial charge in [-0.1, -0.05) is 170 Å². The molecule has 8 aromatic carbocycles. The van der Waals surface area contributed by atoms with E-state index in [4.69, 9.17) is 19.4 Å². The van der Waals surface area contributed by atoms with Crippen molar-refractivity contribution in [2.24, 2.45) is 0 Å². The topological polar surface area (TPSA) is 51.8 Å². The molecule has 10 rings (SSSR count). The van der Waals surface area contributed by atoms with Crippen molar-refractivity contribution in [2.45, 2.75) is 0 Å². The first-order chi connectivity index (χ1) is 26.2. The number of furan rings is 1. The van der Waals surface area contributed by atoms with Gasteiger partial charge in [0.2, 0.25) is 0 Å². The smallest absolute Gasteiger partial charge is 0.164 e. The minimum atomic E-state index is 0.590. The molecule has 0 unspecified atom stereocenters. The van der Waals surface area contributed by atoms with E-state index in [1.165, 1.54) is 27.5 Å². The first kappa shape index (κ1) is 30.6. The Balaban J connectivity index is 1.04. The minimum absolute atomic E-state index is 0.590. The maximum Gasteiger partial charge on any atom is 0.164 e. The third-order valence-electron chi connectivity index (χ3n) is 9.97. The van der Waals surface area contributed by atoms with Crippen LogP contribution in [0.5, 0.6) is 0 Å². The SMILES string of the molecule is c1ccc(-c2ccc(-c3nc(-c4ccccc4)nc(-c4ccc5c(c4)oc4cccc(-c6ccc(-c7cccc8ccccc78)cc6)c45)n3)cc2)cc1. The summed E-state index contributed by atoms with van der Waals surface area (Å²) in [7, 11) is 0. The first-order valence-electron chi connectivity index (χ1n) is 17.8. The van der Waals surface area contributed by atoms with E-state index in [2.05, 4.69) is 146 Å². The van der Waals surface area contributed by atoms with E-state index in [0.29, 0.717) is 17.5 Å². The number of rotatable bonds is 6. The zero-order chi connectivity index (χ0) is 35.1. The molecule has 0 aliphatic heterocycles. The van der Waals surface area contributed by atoms with Gasteiger partial charge in [-0.05, 0) is 62.4 Å². The van der Waals surface area contributed by atoms with Crippen molar-refractivity contribution < 1.29 is 4.42 Å². The highest BCUT2D eigenvalue weighted by molar-refractivity contribution is 6.13. The molecule has 4 nitrogen and oxygen atoms in total. The van der Waals surface area contributed by atoms with E-state index < -0.39 is 0 Å². The van der Waals surface area contributed by atoms with Crippen LogP contribution in [0.15, 0.2) is 192 Å². The third kappa shape index (κ3) is 5.63. The summed E-state index contributed by atoms with van der Waals surface area (Å²) in [4.78, 5) is 14.9. The molecule has 0 amide bonds. The van der Waals surface area contributed by atoms with Gasteiger partial charge in [0, 0.05) is 27.5 Å². The van der Waals surface area contributed by atoms with Gasteiger partial charge in [-0.3, -0.25) is 0 Å². The molecule has 0 spiro atoms. The maximum atomic E-state index is 6.53. The van der Waals surface area contributed by atoms with Gasteiger partial charge < -0.3 is 4.42 Å². The van der Waals surface area contributed by atoms with E-state index in [9.17, 15) is 0 Å². The van der Waals surface area contributed by atoms with Gasteiger partial charge in [0.25, 0.3) is 0 Å². The van der Waals surface area contributed by atoms with Gasteiger partial charge >= 0.3 is 0 Å². The van der Waals surface area contributed by atoms with Crippen molar-refractivity contribution >= 4 is 32.7 Å². The maximum absolute atomic E-state index is 6.53. The molecule has 53 heavy (non-hydrogen) atoms. The van der Waals surface area contributed by atoms with Gasteiger partial charge in [0.05, 0.1) is 0 Å². The Morgan fingerprint density at radius 1 is 0.302 bits per heavy atom. The number of benzene rings is 8. The number of aromatic nitrogens is 3. The van der Waals surface area contributed by atoms with Crippen LogP contribution >= 0.6 is 0 Å². The van der Waals surface area contributed by atoms with Gasteiger partial charge in [0.15, 0.2) is 17.5 Å². The van der Waals surface area contributed by atoms with E-state index in [1.807, 2.05) is 42.5 Å². The summed E-state index contributed by atoms with van der Waals surface area (Å²) in [6.07, 6.45) is 0. The van der Waals surface area contributed by atoms with Crippen molar-refractivity contribution in [1.82, 2.24) is 15.0 Å². The molecule has 0 aliphatic rings. The molecule has 10 aromatic rings. The molecule has 248 valence electrons. The molecule has 0 N–H and O–H groups in total. The zero-order valence-corrected chi connectivity index (χ0v) is 28.6. The standard InChI is InChI=1S/C49H31N3O/c1-3-11-32(12-4-1)33-21-27-38(28-22-33)48-50-47(37-14-5-2-6-15-37)51-49(52-48)39-29-30-43-45(31-39)53-44-20-10-19-42(46(43)44)36-25-23-35(24-26-36)41-18-9-16-34-13-7-8-17-40(34)41/h1-31H. The molecule has 0 bridgehead atoms. The van der Waals surface area contributed by atoms with Crippen LogP contribution in [0.25, 0.3) is 100 Å². The molecule has 2 heterocycles. The quantitative estimate of drug-likeness (QED) is 0.176. The van der Waals surface area contributed by atoms with Crippen LogP contribution in [0.3, 0.4) is 0 Å². The number of hydrogen-bond donors (Lipinski definition) is 0. The summed E-state index contributed by atoms with van der Waals surface area (Å²) in [5.41, 5.74) is 11.3. The Labute approximate surface area is 306 Å². The Hall–Kier alpha value is -7.17. The van der Waals surface area contributed by atoms with Crippen LogP contribution in [0.1, 0.15) is 0 Å². The van der Waals surface area contributed by atoms with Crippen LogP contribution in [-0.4, -0.2) is 15.0 Å². The second-order valence-corrected chi connectivity index (χ2v) is 13.2. The lowest BCUT2D eigenvalue weighted by Gasteiger charge is -2.10. The van der Waals surface area contributed by atoms with E-state index in [0.717, 1.165) is 55.3 Å². The number of hydrogen-bond acceptors (Lipinski definition) is 4. The fourth-order valence-electron chi connectivity index (χ4n) is 7.30. The summed E-state index contributed by atoms with van der Waals surface area (Å²) in [6.45, 7) is 0. The van der Waals surface area contributed by atoms with E-state index in [1.54, 1.807) is 0 Å². The van der Waals surface area contributed by atoms with Crippen LogP contribution in [0.4, 0.5) is 0 Å². The molecule has 4 heteroatoms. The van der Waals surface area contributed by atoms with E-state index >= 15 is 0 Å². The minimum Gasteiger partial charge on any atom is -0.456 e. The largest absolute Gasteiger partial charge is 0.456 e. The van der Waals surface area contributed by atoms with Crippen molar-refractivity contribution in [2.75, 3.05) is 0 Å². The van der Waals surface area contributed by atoms with Gasteiger partial charge in [-0.15, -0.1) is 0 Å². The summed E-state index contributed by atoms with van der Waals surface area (Å²) in [5, 5.41) is 4.63. The monoisotopic (exact) mass is 677 g/mol. The number of nitrogens with zero attached hydrogens (tertiary/aromatic N) is 3. The van der Waals surface area contributed by atoms with Crippen molar-refractivity contribution in [1.29, 1.82) is 0 Å². The van der Waals surface area contributed by atoms with Crippen LogP contribution in [0, 0.1) is 0 Å². The lowest BCUT2D eigenvalue weighted by molar-refractivity contribution is 0.669. The fraction of sp³-hybridized carbons (Fsp3) is 0.